The molecule has 4 heterocycles. The summed E-state index contributed by atoms with van der Waals surface area (Å²) in [6.45, 7) is 1.58. The van der Waals surface area contributed by atoms with Gasteiger partial charge in [-0.25, -0.2) is 0 Å². The first-order chi connectivity index (χ1) is 10.9. The monoisotopic (exact) mass is 330 g/mol. The van der Waals surface area contributed by atoms with Gasteiger partial charge >= 0.3 is 0 Å². The van der Waals surface area contributed by atoms with Crippen LogP contribution < -0.4 is 9.47 Å². The Morgan fingerprint density at radius 3 is 2.41 bits per heavy atom. The van der Waals surface area contributed by atoms with Gasteiger partial charge in [0.15, 0.2) is 0 Å². The van der Waals surface area contributed by atoms with Crippen LogP contribution in [0.25, 0.3) is 11.1 Å². The highest BCUT2D eigenvalue weighted by Gasteiger charge is 2.19. The average molecular weight is 330 g/mol. The fourth-order valence-electron chi connectivity index (χ4n) is 2.73. The van der Waals surface area contributed by atoms with Gasteiger partial charge in [-0.1, -0.05) is 18.2 Å². The molecule has 22 heavy (non-hydrogen) atoms. The van der Waals surface area contributed by atoms with Crippen molar-refractivity contribution in [3.8, 4) is 22.6 Å². The molecule has 4 aliphatic rings. The first kappa shape index (κ1) is 14.3. The highest BCUT2D eigenvalue weighted by Crippen LogP contribution is 2.46. The smallest absolute Gasteiger partial charge is 0.147 e. The molecular weight excluding hydrogens is 312 g/mol. The first-order valence-electron chi connectivity index (χ1n) is 7.70. The third-order valence-corrected chi connectivity index (χ3v) is 6.15. The second-order valence-electron chi connectivity index (χ2n) is 5.39. The molecule has 0 saturated heterocycles. The SMILES string of the molecule is c1cc2ccc1OCCCSc1ccc-2c2c1OCCCS2. The van der Waals surface area contributed by atoms with Gasteiger partial charge in [0.2, 0.25) is 0 Å². The van der Waals surface area contributed by atoms with Gasteiger partial charge in [0.25, 0.3) is 0 Å². The summed E-state index contributed by atoms with van der Waals surface area (Å²) < 4.78 is 11.9. The summed E-state index contributed by atoms with van der Waals surface area (Å²) in [5.74, 6) is 4.22. The van der Waals surface area contributed by atoms with Crippen molar-refractivity contribution < 1.29 is 9.47 Å². The van der Waals surface area contributed by atoms with E-state index in [2.05, 4.69) is 36.4 Å². The van der Waals surface area contributed by atoms with Crippen LogP contribution in [0.2, 0.25) is 0 Å². The van der Waals surface area contributed by atoms with Gasteiger partial charge in [0.1, 0.15) is 11.5 Å². The number of ether oxygens (including phenoxy) is 2. The van der Waals surface area contributed by atoms with Crippen molar-refractivity contribution in [3.63, 3.8) is 0 Å². The van der Waals surface area contributed by atoms with E-state index < -0.39 is 0 Å². The van der Waals surface area contributed by atoms with Crippen molar-refractivity contribution in [2.75, 3.05) is 24.7 Å². The molecular formula is C18H18O2S2. The van der Waals surface area contributed by atoms with Crippen molar-refractivity contribution in [1.29, 1.82) is 0 Å². The average Bonchev–Trinajstić information content (AvgIpc) is 2.79. The first-order valence-corrected chi connectivity index (χ1v) is 9.67. The van der Waals surface area contributed by atoms with E-state index in [0.29, 0.717) is 0 Å². The minimum Gasteiger partial charge on any atom is -0.494 e. The molecule has 0 saturated carbocycles. The third-order valence-electron chi connectivity index (χ3n) is 3.84. The second-order valence-corrected chi connectivity index (χ2v) is 7.64. The Kier molecular flexibility index (Phi) is 4.22. The Morgan fingerprint density at radius 2 is 1.55 bits per heavy atom. The summed E-state index contributed by atoms with van der Waals surface area (Å²) in [4.78, 5) is 2.57. The van der Waals surface area contributed by atoms with Gasteiger partial charge in [0.05, 0.1) is 23.0 Å². The minimum absolute atomic E-state index is 0.765. The quantitative estimate of drug-likeness (QED) is 0.668. The second kappa shape index (κ2) is 6.47. The van der Waals surface area contributed by atoms with E-state index in [1.54, 1.807) is 0 Å². The van der Waals surface area contributed by atoms with E-state index in [0.717, 1.165) is 49.1 Å². The summed E-state index contributed by atoms with van der Waals surface area (Å²) in [5, 5.41) is 0. The Bertz CT molecular complexity index is 668. The Hall–Kier alpha value is -1.26. The molecule has 4 heteroatoms. The summed E-state index contributed by atoms with van der Waals surface area (Å²) in [6, 6.07) is 12.9. The molecule has 0 unspecified atom stereocenters. The zero-order valence-corrected chi connectivity index (χ0v) is 14.0. The summed E-state index contributed by atoms with van der Waals surface area (Å²) >= 11 is 3.81. The fourth-order valence-corrected chi connectivity index (χ4v) is 4.85. The number of thioether (sulfide) groups is 2. The minimum atomic E-state index is 0.765. The van der Waals surface area contributed by atoms with E-state index in [-0.39, 0.29) is 0 Å². The fraction of sp³-hybridized carbons (Fsp3) is 0.333. The largest absolute Gasteiger partial charge is 0.494 e. The van der Waals surface area contributed by atoms with Gasteiger partial charge in [0, 0.05) is 11.5 Å². The van der Waals surface area contributed by atoms with Gasteiger partial charge in [-0.2, -0.15) is 0 Å². The van der Waals surface area contributed by atoms with E-state index in [9.17, 15) is 0 Å². The zero-order valence-electron chi connectivity index (χ0n) is 12.3. The van der Waals surface area contributed by atoms with Crippen molar-refractivity contribution in [1.82, 2.24) is 0 Å². The lowest BCUT2D eigenvalue weighted by Gasteiger charge is -2.16. The van der Waals surface area contributed by atoms with Gasteiger partial charge in [-0.3, -0.25) is 0 Å². The molecule has 0 aromatic heterocycles. The number of benzene rings is 2. The molecule has 6 rings (SSSR count). The molecule has 4 aliphatic heterocycles. The molecule has 2 aromatic rings. The summed E-state index contributed by atoms with van der Waals surface area (Å²) in [6.07, 6.45) is 2.14. The lowest BCUT2D eigenvalue weighted by Crippen LogP contribution is -1.99. The predicted octanol–water partition coefficient (Wildman–Crippen LogP) is 5.10. The maximum atomic E-state index is 6.11. The third kappa shape index (κ3) is 2.82. The van der Waals surface area contributed by atoms with Crippen LogP contribution in [-0.2, 0) is 0 Å². The van der Waals surface area contributed by atoms with Crippen LogP contribution in [-0.4, -0.2) is 24.7 Å². The molecule has 114 valence electrons. The van der Waals surface area contributed by atoms with Gasteiger partial charge < -0.3 is 9.47 Å². The maximum Gasteiger partial charge on any atom is 0.147 e. The molecule has 0 amide bonds. The zero-order chi connectivity index (χ0) is 14.8. The molecule has 0 spiro atoms. The Labute approximate surface area is 139 Å². The van der Waals surface area contributed by atoms with Crippen LogP contribution in [0, 0.1) is 0 Å². The van der Waals surface area contributed by atoms with Gasteiger partial charge in [-0.05, 0) is 42.2 Å². The molecule has 0 aliphatic carbocycles. The van der Waals surface area contributed by atoms with Crippen molar-refractivity contribution in [2.45, 2.75) is 22.6 Å². The molecule has 2 aromatic carbocycles. The van der Waals surface area contributed by atoms with Crippen LogP contribution in [0.3, 0.4) is 0 Å². The van der Waals surface area contributed by atoms with E-state index in [1.807, 2.05) is 23.5 Å². The number of hydrogen-bond donors (Lipinski definition) is 0. The lowest BCUT2D eigenvalue weighted by molar-refractivity contribution is 0.307. The van der Waals surface area contributed by atoms with Crippen molar-refractivity contribution in [3.05, 3.63) is 36.4 Å². The molecule has 4 bridgehead atoms. The lowest BCUT2D eigenvalue weighted by atomic mass is 10.1. The summed E-state index contributed by atoms with van der Waals surface area (Å²) in [5.41, 5.74) is 2.51. The van der Waals surface area contributed by atoms with E-state index in [1.165, 1.54) is 20.9 Å². The van der Waals surface area contributed by atoms with Crippen molar-refractivity contribution in [2.24, 2.45) is 0 Å². The van der Waals surface area contributed by atoms with E-state index >= 15 is 0 Å². The normalized spacial score (nSPS) is 17.3. The van der Waals surface area contributed by atoms with Crippen molar-refractivity contribution >= 4 is 23.5 Å². The molecule has 0 fully saturated rings. The Morgan fingerprint density at radius 1 is 0.773 bits per heavy atom. The van der Waals surface area contributed by atoms with Crippen LogP contribution in [0.15, 0.2) is 46.2 Å². The molecule has 0 atom stereocenters. The van der Waals surface area contributed by atoms with E-state index in [4.69, 9.17) is 9.47 Å². The molecule has 0 N–H and O–H groups in total. The molecule has 2 nitrogen and oxygen atoms in total. The topological polar surface area (TPSA) is 18.5 Å². The highest BCUT2D eigenvalue weighted by atomic mass is 32.2. The number of fused-ring (bicyclic) bond motifs is 1. The maximum absolute atomic E-state index is 6.11. The van der Waals surface area contributed by atoms with Crippen LogP contribution in [0.4, 0.5) is 0 Å². The number of hydrogen-bond acceptors (Lipinski definition) is 4. The molecule has 0 radical (unpaired) electrons. The summed E-state index contributed by atoms with van der Waals surface area (Å²) in [7, 11) is 0. The van der Waals surface area contributed by atoms with Gasteiger partial charge in [-0.15, -0.1) is 23.5 Å². The highest BCUT2D eigenvalue weighted by molar-refractivity contribution is 8.00. The number of rotatable bonds is 0. The van der Waals surface area contributed by atoms with Crippen LogP contribution in [0.5, 0.6) is 11.5 Å². The Balaban J connectivity index is 1.88. The standard InChI is InChI=1S/C18H18O2S2/c1-9-19-14-5-3-13(4-6-14)15-7-8-16(21-11-1)17-18(15)22-12-2-10-20-17/h3-8H,1-2,9-12H2. The van der Waals surface area contributed by atoms with Crippen LogP contribution >= 0.6 is 23.5 Å². The predicted molar refractivity (Wildman–Crippen MR) is 93.6 cm³/mol. The van der Waals surface area contributed by atoms with Crippen LogP contribution in [0.1, 0.15) is 12.8 Å².